The van der Waals surface area contributed by atoms with E-state index < -0.39 is 23.8 Å². The number of carbonyl (C=O) groups excluding carboxylic acids is 2. The third-order valence-electron chi connectivity index (χ3n) is 6.80. The van der Waals surface area contributed by atoms with Crippen molar-refractivity contribution in [3.05, 3.63) is 127 Å². The van der Waals surface area contributed by atoms with Gasteiger partial charge in [0.15, 0.2) is 5.76 Å². The lowest BCUT2D eigenvalue weighted by Gasteiger charge is -2.05. The molecule has 4 N–H and O–H groups in total. The summed E-state index contributed by atoms with van der Waals surface area (Å²) in [4.78, 5) is 47.9. The molecule has 244 valence electrons. The van der Waals surface area contributed by atoms with E-state index >= 15 is 0 Å². The van der Waals surface area contributed by atoms with E-state index in [1.54, 1.807) is 61.0 Å². The number of carboxylic acids is 2. The van der Waals surface area contributed by atoms with Crippen LogP contribution in [0.15, 0.2) is 97.1 Å². The molecule has 2 amide bonds. The summed E-state index contributed by atoms with van der Waals surface area (Å²) >= 11 is 11.6. The normalized spacial score (nSPS) is 10.6. The number of hydrogen-bond acceptors (Lipinski definition) is 8. The minimum Gasteiger partial charge on any atom is -0.478 e. The molecule has 14 heteroatoms. The van der Waals surface area contributed by atoms with Gasteiger partial charge < -0.3 is 29.7 Å². The first kappa shape index (κ1) is 34.4. The Morgan fingerprint density at radius 2 is 1.29 bits per heavy atom. The number of aryl methyl sites for hydroxylation is 2. The van der Waals surface area contributed by atoms with Crippen LogP contribution in [0.5, 0.6) is 0 Å². The molecule has 0 radical (unpaired) electrons. The molecule has 0 saturated heterocycles. The number of carboxylic acid groups (broad SMARTS) is 2. The molecule has 10 nitrogen and oxygen atoms in total. The van der Waals surface area contributed by atoms with Crippen LogP contribution in [-0.2, 0) is 0 Å². The second kappa shape index (κ2) is 14.9. The summed E-state index contributed by atoms with van der Waals surface area (Å²) in [6, 6.07) is 18.9. The quantitative estimate of drug-likeness (QED) is 0.119. The minimum absolute atomic E-state index is 0.0542. The van der Waals surface area contributed by atoms with Crippen molar-refractivity contribution < 1.29 is 38.2 Å². The zero-order chi connectivity index (χ0) is 34.5. The smallest absolute Gasteiger partial charge is 0.339 e. The summed E-state index contributed by atoms with van der Waals surface area (Å²) in [6.45, 7) is 3.43. The monoisotopic (exact) mass is 766 g/mol. The van der Waals surface area contributed by atoms with Crippen LogP contribution < -0.4 is 10.6 Å². The fourth-order valence-corrected chi connectivity index (χ4v) is 6.91. The van der Waals surface area contributed by atoms with Crippen LogP contribution in [0.25, 0.3) is 22.3 Å². The van der Waals surface area contributed by atoms with Crippen molar-refractivity contribution in [1.82, 2.24) is 0 Å². The Kier molecular flexibility index (Phi) is 10.6. The van der Waals surface area contributed by atoms with Crippen LogP contribution in [0.1, 0.15) is 53.1 Å². The molecule has 0 aliphatic heterocycles. The van der Waals surface area contributed by atoms with Crippen LogP contribution in [0.2, 0.25) is 5.02 Å². The van der Waals surface area contributed by atoms with Gasteiger partial charge >= 0.3 is 11.9 Å². The minimum atomic E-state index is -1.11. The molecule has 0 atom stereocenters. The van der Waals surface area contributed by atoms with Gasteiger partial charge in [-0.3, -0.25) is 9.59 Å². The van der Waals surface area contributed by atoms with Crippen molar-refractivity contribution in [2.75, 3.05) is 10.6 Å². The molecule has 6 aromatic rings. The Morgan fingerprint density at radius 3 is 1.75 bits per heavy atom. The van der Waals surface area contributed by atoms with Crippen LogP contribution in [0.4, 0.5) is 10.0 Å². The first-order valence-corrected chi connectivity index (χ1v) is 16.8. The lowest BCUT2D eigenvalue weighted by Crippen LogP contribution is -2.13. The molecule has 0 unspecified atom stereocenters. The van der Waals surface area contributed by atoms with Crippen LogP contribution in [0.3, 0.4) is 0 Å². The average molecular weight is 768 g/mol. The SMILES string of the molecule is Cc1cc(C(=O)Nc2scc(-c3ccc(Cl)cc3)c2C(=O)O)c(C)o1.O=C(Nc1scc(-c2ccc(Br)cc2)c1C(=O)O)c1ccco1. The summed E-state index contributed by atoms with van der Waals surface area (Å²) in [5.41, 5.74) is 3.08. The number of rotatable bonds is 8. The molecule has 0 aliphatic rings. The molecule has 0 saturated carbocycles. The van der Waals surface area contributed by atoms with E-state index in [1.165, 1.54) is 12.3 Å². The number of thiophene rings is 2. The molecule has 0 spiro atoms. The van der Waals surface area contributed by atoms with Crippen molar-refractivity contribution in [2.24, 2.45) is 0 Å². The van der Waals surface area contributed by atoms with Crippen LogP contribution in [-0.4, -0.2) is 34.0 Å². The van der Waals surface area contributed by atoms with E-state index in [2.05, 4.69) is 26.6 Å². The molecular weight excluding hydrogens is 744 g/mol. The van der Waals surface area contributed by atoms with Crippen molar-refractivity contribution in [2.45, 2.75) is 13.8 Å². The highest BCUT2D eigenvalue weighted by molar-refractivity contribution is 9.10. The molecule has 2 aromatic carbocycles. The highest BCUT2D eigenvalue weighted by Gasteiger charge is 2.24. The van der Waals surface area contributed by atoms with E-state index in [0.29, 0.717) is 38.8 Å². The number of carbonyl (C=O) groups is 4. The van der Waals surface area contributed by atoms with Gasteiger partial charge in [0.2, 0.25) is 0 Å². The number of amides is 2. The molecule has 0 bridgehead atoms. The Balaban J connectivity index is 0.000000188. The van der Waals surface area contributed by atoms with Crippen molar-refractivity contribution >= 4 is 84.0 Å². The van der Waals surface area contributed by atoms with E-state index in [-0.39, 0.29) is 26.9 Å². The van der Waals surface area contributed by atoms with Gasteiger partial charge in [0, 0.05) is 31.4 Å². The molecular formula is C34H24BrClN2O8S2. The lowest BCUT2D eigenvalue weighted by molar-refractivity contribution is 0.0688. The molecule has 4 aromatic heterocycles. The van der Waals surface area contributed by atoms with Crippen molar-refractivity contribution in [3.63, 3.8) is 0 Å². The van der Waals surface area contributed by atoms with Gasteiger partial charge in [0.25, 0.3) is 11.8 Å². The standard InChI is InChI=1S/C18H14ClNO4S.C16H10BrNO4S/c1-9-7-13(10(2)24-9)16(21)20-17-15(18(22)23)14(8-25-17)11-3-5-12(19)6-4-11;17-10-5-3-9(4-6-10)11-8-23-15(13(11)16(20)21)18-14(19)12-2-1-7-22-12/h3-8H,1-2H3,(H,20,21)(H,22,23);1-8H,(H,18,19)(H,20,21). The topological polar surface area (TPSA) is 159 Å². The number of aromatic carboxylic acids is 2. The predicted octanol–water partition coefficient (Wildman–Crippen LogP) is 9.95. The second-order valence-electron chi connectivity index (χ2n) is 10.0. The number of hydrogen-bond donors (Lipinski definition) is 4. The maximum Gasteiger partial charge on any atom is 0.339 e. The van der Waals surface area contributed by atoms with Gasteiger partial charge in [0.05, 0.1) is 11.8 Å². The third kappa shape index (κ3) is 7.77. The Bertz CT molecular complexity index is 2110. The average Bonchev–Trinajstić information content (AvgIpc) is 3.85. The zero-order valence-electron chi connectivity index (χ0n) is 25.0. The predicted molar refractivity (Wildman–Crippen MR) is 189 cm³/mol. The number of benzene rings is 2. The highest BCUT2D eigenvalue weighted by atomic mass is 79.9. The first-order valence-electron chi connectivity index (χ1n) is 13.9. The Labute approximate surface area is 294 Å². The molecule has 4 heterocycles. The molecule has 48 heavy (non-hydrogen) atoms. The molecule has 0 fully saturated rings. The second-order valence-corrected chi connectivity index (χ2v) is 13.2. The van der Waals surface area contributed by atoms with E-state index in [9.17, 15) is 29.4 Å². The maximum atomic E-state index is 12.4. The molecule has 6 rings (SSSR count). The summed E-state index contributed by atoms with van der Waals surface area (Å²) < 4.78 is 11.3. The van der Waals surface area contributed by atoms with Crippen LogP contribution in [0, 0.1) is 13.8 Å². The van der Waals surface area contributed by atoms with Crippen molar-refractivity contribution in [3.8, 4) is 22.3 Å². The van der Waals surface area contributed by atoms with Crippen LogP contribution >= 0.6 is 50.2 Å². The maximum absolute atomic E-state index is 12.4. The molecule has 0 aliphatic carbocycles. The fourth-order valence-electron chi connectivity index (χ4n) is 4.61. The van der Waals surface area contributed by atoms with E-state index in [4.69, 9.17) is 20.4 Å². The van der Waals surface area contributed by atoms with Gasteiger partial charge in [-0.1, -0.05) is 51.8 Å². The van der Waals surface area contributed by atoms with Gasteiger partial charge in [-0.15, -0.1) is 22.7 Å². The number of halogens is 2. The van der Waals surface area contributed by atoms with E-state index in [0.717, 1.165) is 32.7 Å². The largest absolute Gasteiger partial charge is 0.478 e. The first-order chi connectivity index (χ1) is 22.9. The summed E-state index contributed by atoms with van der Waals surface area (Å²) in [5.74, 6) is -1.86. The zero-order valence-corrected chi connectivity index (χ0v) is 29.0. The summed E-state index contributed by atoms with van der Waals surface area (Å²) in [6.07, 6.45) is 1.38. The highest BCUT2D eigenvalue weighted by Crippen LogP contribution is 2.38. The van der Waals surface area contributed by atoms with Gasteiger partial charge in [-0.2, -0.15) is 0 Å². The fraction of sp³-hybridized carbons (Fsp3) is 0.0588. The van der Waals surface area contributed by atoms with Gasteiger partial charge in [-0.25, -0.2) is 9.59 Å². The van der Waals surface area contributed by atoms with Gasteiger partial charge in [0.1, 0.15) is 32.6 Å². The Hall–Kier alpha value is -4.95. The Morgan fingerprint density at radius 1 is 0.771 bits per heavy atom. The summed E-state index contributed by atoms with van der Waals surface area (Å²) in [7, 11) is 0. The summed E-state index contributed by atoms with van der Waals surface area (Å²) in [5, 5.41) is 28.9. The number of nitrogens with one attached hydrogen (secondary N) is 2. The number of furan rings is 2. The van der Waals surface area contributed by atoms with E-state index in [1.807, 2.05) is 24.3 Å². The lowest BCUT2D eigenvalue weighted by atomic mass is 10.0. The van der Waals surface area contributed by atoms with Gasteiger partial charge in [-0.05, 0) is 67.4 Å². The van der Waals surface area contributed by atoms with Crippen molar-refractivity contribution in [1.29, 1.82) is 0 Å². The third-order valence-corrected chi connectivity index (χ3v) is 9.38. The number of anilines is 2.